The topological polar surface area (TPSA) is 58.1 Å². The van der Waals surface area contributed by atoms with Gasteiger partial charge < -0.3 is 10.2 Å². The van der Waals surface area contributed by atoms with Crippen molar-refractivity contribution in [3.63, 3.8) is 0 Å². The van der Waals surface area contributed by atoms with Crippen molar-refractivity contribution in [2.24, 2.45) is 0 Å². The Morgan fingerprint density at radius 2 is 2.07 bits per heavy atom. The SMILES string of the molecule is CN(C)C(=O)CNCc1ncccn1. The molecule has 76 valence electrons. The molecule has 14 heavy (non-hydrogen) atoms. The number of amides is 1. The number of nitrogens with one attached hydrogen (secondary N) is 1. The number of rotatable bonds is 4. The van der Waals surface area contributed by atoms with Gasteiger partial charge in [0, 0.05) is 26.5 Å². The Balaban J connectivity index is 2.26. The van der Waals surface area contributed by atoms with Crippen LogP contribution in [0.2, 0.25) is 0 Å². The van der Waals surface area contributed by atoms with Gasteiger partial charge in [-0.25, -0.2) is 9.97 Å². The summed E-state index contributed by atoms with van der Waals surface area (Å²) in [5, 5.41) is 2.97. The van der Waals surface area contributed by atoms with E-state index < -0.39 is 0 Å². The molecule has 0 aromatic carbocycles. The average Bonchev–Trinajstić information content (AvgIpc) is 2.19. The maximum Gasteiger partial charge on any atom is 0.236 e. The molecule has 1 amide bonds. The molecule has 1 rings (SSSR count). The lowest BCUT2D eigenvalue weighted by molar-refractivity contribution is -0.127. The van der Waals surface area contributed by atoms with Gasteiger partial charge in [0.15, 0.2) is 0 Å². The second-order valence-corrected chi connectivity index (χ2v) is 3.06. The second-order valence-electron chi connectivity index (χ2n) is 3.06. The van der Waals surface area contributed by atoms with Crippen molar-refractivity contribution >= 4 is 5.91 Å². The number of aromatic nitrogens is 2. The minimum absolute atomic E-state index is 0.0425. The highest BCUT2D eigenvalue weighted by atomic mass is 16.2. The largest absolute Gasteiger partial charge is 0.348 e. The van der Waals surface area contributed by atoms with E-state index in [0.29, 0.717) is 18.9 Å². The Kier molecular flexibility index (Phi) is 4.00. The van der Waals surface area contributed by atoms with Crippen LogP contribution in [-0.4, -0.2) is 41.4 Å². The van der Waals surface area contributed by atoms with Gasteiger partial charge in [-0.15, -0.1) is 0 Å². The van der Waals surface area contributed by atoms with Crippen molar-refractivity contribution in [3.05, 3.63) is 24.3 Å². The Morgan fingerprint density at radius 3 is 2.64 bits per heavy atom. The van der Waals surface area contributed by atoms with Crippen LogP contribution in [0.15, 0.2) is 18.5 Å². The summed E-state index contributed by atoms with van der Waals surface area (Å²) in [7, 11) is 3.45. The number of carbonyl (C=O) groups is 1. The standard InChI is InChI=1S/C9H14N4O/c1-13(2)9(14)7-10-6-8-11-4-3-5-12-8/h3-5,10H,6-7H2,1-2H3. The number of nitrogens with zero attached hydrogens (tertiary/aromatic N) is 3. The van der Waals surface area contributed by atoms with Crippen LogP contribution in [0, 0.1) is 0 Å². The molecule has 0 aliphatic heterocycles. The fourth-order valence-electron chi connectivity index (χ4n) is 0.861. The van der Waals surface area contributed by atoms with E-state index in [1.165, 1.54) is 0 Å². The van der Waals surface area contributed by atoms with E-state index in [1.54, 1.807) is 37.5 Å². The summed E-state index contributed by atoms with van der Waals surface area (Å²) in [5.41, 5.74) is 0. The molecule has 1 aromatic heterocycles. The van der Waals surface area contributed by atoms with Gasteiger partial charge in [0.2, 0.25) is 5.91 Å². The lowest BCUT2D eigenvalue weighted by Gasteiger charge is -2.10. The molecular formula is C9H14N4O. The first-order valence-corrected chi connectivity index (χ1v) is 4.37. The molecule has 0 saturated heterocycles. The van der Waals surface area contributed by atoms with Crippen molar-refractivity contribution in [1.29, 1.82) is 0 Å². The minimum Gasteiger partial charge on any atom is -0.348 e. The van der Waals surface area contributed by atoms with Gasteiger partial charge in [0.25, 0.3) is 0 Å². The second kappa shape index (κ2) is 5.29. The Labute approximate surface area is 83.2 Å². The summed E-state index contributed by atoms with van der Waals surface area (Å²) in [6.07, 6.45) is 3.36. The fourth-order valence-corrected chi connectivity index (χ4v) is 0.861. The van der Waals surface area contributed by atoms with Gasteiger partial charge in [0.1, 0.15) is 5.82 Å². The molecule has 1 aromatic rings. The van der Waals surface area contributed by atoms with Crippen molar-refractivity contribution < 1.29 is 4.79 Å². The average molecular weight is 194 g/mol. The van der Waals surface area contributed by atoms with Gasteiger partial charge in [-0.3, -0.25) is 4.79 Å². The van der Waals surface area contributed by atoms with E-state index in [4.69, 9.17) is 0 Å². The monoisotopic (exact) mass is 194 g/mol. The van der Waals surface area contributed by atoms with E-state index >= 15 is 0 Å². The van der Waals surface area contributed by atoms with Gasteiger partial charge in [-0.1, -0.05) is 0 Å². The summed E-state index contributed by atoms with van der Waals surface area (Å²) in [6.45, 7) is 0.825. The Bertz CT molecular complexity index is 286. The summed E-state index contributed by atoms with van der Waals surface area (Å²) >= 11 is 0. The first-order chi connectivity index (χ1) is 6.70. The van der Waals surface area contributed by atoms with Crippen LogP contribution in [0.25, 0.3) is 0 Å². The highest BCUT2D eigenvalue weighted by molar-refractivity contribution is 5.77. The van der Waals surface area contributed by atoms with E-state index in [0.717, 1.165) is 0 Å². The van der Waals surface area contributed by atoms with Gasteiger partial charge in [-0.2, -0.15) is 0 Å². The third kappa shape index (κ3) is 3.49. The van der Waals surface area contributed by atoms with E-state index in [-0.39, 0.29) is 5.91 Å². The van der Waals surface area contributed by atoms with Crippen LogP contribution in [0.5, 0.6) is 0 Å². The summed E-state index contributed by atoms with van der Waals surface area (Å²) in [5.74, 6) is 0.736. The summed E-state index contributed by atoms with van der Waals surface area (Å²) in [4.78, 5) is 20.7. The zero-order valence-corrected chi connectivity index (χ0v) is 8.40. The number of likely N-dealkylation sites (N-methyl/N-ethyl adjacent to an activating group) is 1. The molecule has 1 heterocycles. The summed E-state index contributed by atoms with van der Waals surface area (Å²) in [6, 6.07) is 1.76. The number of hydrogen-bond donors (Lipinski definition) is 1. The molecule has 0 radical (unpaired) electrons. The predicted molar refractivity (Wildman–Crippen MR) is 52.4 cm³/mol. The van der Waals surface area contributed by atoms with E-state index in [2.05, 4.69) is 15.3 Å². The van der Waals surface area contributed by atoms with Gasteiger partial charge >= 0.3 is 0 Å². The highest BCUT2D eigenvalue weighted by Crippen LogP contribution is 1.86. The quantitative estimate of drug-likeness (QED) is 0.712. The van der Waals surface area contributed by atoms with Crippen molar-refractivity contribution in [2.45, 2.75) is 6.54 Å². The Morgan fingerprint density at radius 1 is 1.43 bits per heavy atom. The number of hydrogen-bond acceptors (Lipinski definition) is 4. The lowest BCUT2D eigenvalue weighted by Crippen LogP contribution is -2.32. The predicted octanol–water partition coefficient (Wildman–Crippen LogP) is -0.346. The number of carbonyl (C=O) groups excluding carboxylic acids is 1. The zero-order valence-electron chi connectivity index (χ0n) is 8.40. The zero-order chi connectivity index (χ0) is 10.4. The maximum absolute atomic E-state index is 11.2. The van der Waals surface area contributed by atoms with E-state index in [9.17, 15) is 4.79 Å². The van der Waals surface area contributed by atoms with Crippen molar-refractivity contribution in [3.8, 4) is 0 Å². The molecular weight excluding hydrogens is 180 g/mol. The fraction of sp³-hybridized carbons (Fsp3) is 0.444. The van der Waals surface area contributed by atoms with Crippen LogP contribution in [-0.2, 0) is 11.3 Å². The molecule has 0 aliphatic carbocycles. The van der Waals surface area contributed by atoms with Crippen LogP contribution in [0.3, 0.4) is 0 Å². The third-order valence-corrected chi connectivity index (χ3v) is 1.68. The molecule has 0 fully saturated rings. The first-order valence-electron chi connectivity index (χ1n) is 4.37. The maximum atomic E-state index is 11.2. The molecule has 0 bridgehead atoms. The van der Waals surface area contributed by atoms with Crippen LogP contribution in [0.1, 0.15) is 5.82 Å². The van der Waals surface area contributed by atoms with Crippen molar-refractivity contribution in [2.75, 3.05) is 20.6 Å². The Hall–Kier alpha value is -1.49. The molecule has 0 atom stereocenters. The molecule has 0 unspecified atom stereocenters. The van der Waals surface area contributed by atoms with Crippen LogP contribution < -0.4 is 5.32 Å². The molecule has 0 saturated carbocycles. The molecule has 0 spiro atoms. The molecule has 0 aliphatic rings. The van der Waals surface area contributed by atoms with Crippen LogP contribution in [0.4, 0.5) is 0 Å². The lowest BCUT2D eigenvalue weighted by atomic mass is 10.5. The normalized spacial score (nSPS) is 9.86. The third-order valence-electron chi connectivity index (χ3n) is 1.68. The molecule has 5 heteroatoms. The van der Waals surface area contributed by atoms with Crippen molar-refractivity contribution in [1.82, 2.24) is 20.2 Å². The minimum atomic E-state index is 0.0425. The van der Waals surface area contributed by atoms with Gasteiger partial charge in [-0.05, 0) is 6.07 Å². The summed E-state index contributed by atoms with van der Waals surface area (Å²) < 4.78 is 0. The molecule has 5 nitrogen and oxygen atoms in total. The van der Waals surface area contributed by atoms with Gasteiger partial charge in [0.05, 0.1) is 13.1 Å². The smallest absolute Gasteiger partial charge is 0.236 e. The molecule has 1 N–H and O–H groups in total. The highest BCUT2D eigenvalue weighted by Gasteiger charge is 2.02. The van der Waals surface area contributed by atoms with E-state index in [1.807, 2.05) is 0 Å². The first kappa shape index (κ1) is 10.6. The van der Waals surface area contributed by atoms with Crippen LogP contribution >= 0.6 is 0 Å².